The minimum Gasteiger partial charge on any atom is -0.457 e. The first-order valence-corrected chi connectivity index (χ1v) is 13.1. The van der Waals surface area contributed by atoms with Crippen LogP contribution in [0.1, 0.15) is 17.3 Å². The second-order valence-corrected chi connectivity index (χ2v) is 9.46. The van der Waals surface area contributed by atoms with Crippen molar-refractivity contribution in [3.8, 4) is 11.5 Å². The molecule has 1 aromatic heterocycles. The Labute approximate surface area is 232 Å². The summed E-state index contributed by atoms with van der Waals surface area (Å²) in [5.74, 6) is 0.709. The number of amides is 3. The lowest BCUT2D eigenvalue weighted by atomic mass is 9.99. The highest BCUT2D eigenvalue weighted by atomic mass is 19.1. The number of rotatable bonds is 9. The fourth-order valence-electron chi connectivity index (χ4n) is 4.85. The molecule has 1 N–H and O–H groups in total. The van der Waals surface area contributed by atoms with Gasteiger partial charge in [-0.3, -0.25) is 4.79 Å². The topological polar surface area (TPSA) is 76.0 Å². The van der Waals surface area contributed by atoms with E-state index in [2.05, 4.69) is 9.88 Å². The van der Waals surface area contributed by atoms with Crippen molar-refractivity contribution < 1.29 is 23.5 Å². The molecule has 9 heteroatoms. The smallest absolute Gasteiger partial charge is 0.322 e. The van der Waals surface area contributed by atoms with Gasteiger partial charge in [0.25, 0.3) is 0 Å². The van der Waals surface area contributed by atoms with E-state index >= 15 is 0 Å². The predicted molar refractivity (Wildman–Crippen MR) is 150 cm³/mol. The van der Waals surface area contributed by atoms with Gasteiger partial charge >= 0.3 is 6.03 Å². The van der Waals surface area contributed by atoms with Gasteiger partial charge in [-0.1, -0.05) is 36.4 Å². The maximum absolute atomic E-state index is 13.8. The Morgan fingerprint density at radius 1 is 0.950 bits per heavy atom. The minimum atomic E-state index is -0.508. The molecular formula is C31H31FN4O4. The van der Waals surface area contributed by atoms with E-state index in [0.717, 1.165) is 17.0 Å². The molecule has 0 spiro atoms. The van der Waals surface area contributed by atoms with Crippen LogP contribution in [0.25, 0.3) is 0 Å². The lowest BCUT2D eigenvalue weighted by Gasteiger charge is -2.38. The number of nitrogens with zero attached hydrogens (tertiary/aromatic N) is 3. The number of benzene rings is 3. The van der Waals surface area contributed by atoms with Gasteiger partial charge in [0.2, 0.25) is 5.91 Å². The Hall–Kier alpha value is -4.63. The van der Waals surface area contributed by atoms with Crippen LogP contribution in [-0.4, -0.2) is 59.7 Å². The van der Waals surface area contributed by atoms with Gasteiger partial charge in [-0.05, 0) is 60.2 Å². The zero-order chi connectivity index (χ0) is 27.9. The van der Waals surface area contributed by atoms with Crippen molar-refractivity contribution in [3.05, 3.63) is 114 Å². The summed E-state index contributed by atoms with van der Waals surface area (Å²) in [6, 6.07) is 26.0. The van der Waals surface area contributed by atoms with Crippen LogP contribution in [0.15, 0.2) is 97.2 Å². The number of hydrogen-bond acceptors (Lipinski definition) is 4. The number of para-hydroxylation sites is 1. The molecule has 8 nitrogen and oxygen atoms in total. The number of nitrogens with one attached hydrogen (secondary N) is 1. The second-order valence-electron chi connectivity index (χ2n) is 9.46. The van der Waals surface area contributed by atoms with Gasteiger partial charge in [-0.25, -0.2) is 9.18 Å². The standard InChI is InChI=1S/C31H31FN4O4/c1-39-19-18-35(31(38)33-25-10-6-9-24(32)21-25)22-29(37)36-17-16-34-15-7-14-28(34)30(36)23-8-5-13-27(20-23)40-26-11-3-2-4-12-26/h2-15,20-21,30H,16-19,22H2,1H3,(H,33,38)/t30-/m0/s1. The fourth-order valence-corrected chi connectivity index (χ4v) is 4.85. The molecule has 0 bridgehead atoms. The first kappa shape index (κ1) is 27.0. The van der Waals surface area contributed by atoms with E-state index in [1.165, 1.54) is 30.2 Å². The third-order valence-corrected chi connectivity index (χ3v) is 6.77. The molecule has 1 atom stereocenters. The maximum Gasteiger partial charge on any atom is 0.322 e. The third kappa shape index (κ3) is 6.32. The maximum atomic E-state index is 13.8. The SMILES string of the molecule is COCCN(CC(=O)N1CCn2cccc2[C@@H]1c1cccc(Oc2ccccc2)c1)C(=O)Nc1cccc(F)c1. The fraction of sp³-hybridized carbons (Fsp3) is 0.226. The van der Waals surface area contributed by atoms with Crippen molar-refractivity contribution >= 4 is 17.6 Å². The van der Waals surface area contributed by atoms with Crippen molar-refractivity contribution in [2.24, 2.45) is 0 Å². The van der Waals surface area contributed by atoms with E-state index in [0.29, 0.717) is 24.5 Å². The van der Waals surface area contributed by atoms with Gasteiger partial charge in [0, 0.05) is 44.3 Å². The van der Waals surface area contributed by atoms with E-state index in [1.807, 2.05) is 72.9 Å². The summed E-state index contributed by atoms with van der Waals surface area (Å²) in [5, 5.41) is 2.69. The molecule has 0 saturated carbocycles. The van der Waals surface area contributed by atoms with Crippen LogP contribution in [0.2, 0.25) is 0 Å². The number of carbonyl (C=O) groups is 2. The molecule has 0 unspecified atom stereocenters. The second kappa shape index (κ2) is 12.5. The molecule has 0 fully saturated rings. The zero-order valence-electron chi connectivity index (χ0n) is 22.2. The number of methoxy groups -OCH3 is 1. The Morgan fingerprint density at radius 2 is 1.75 bits per heavy atom. The van der Waals surface area contributed by atoms with Crippen molar-refractivity contribution in [2.45, 2.75) is 12.6 Å². The Kier molecular flexibility index (Phi) is 8.41. The number of fused-ring (bicyclic) bond motifs is 1. The lowest BCUT2D eigenvalue weighted by molar-refractivity contribution is -0.134. The molecule has 2 heterocycles. The quantitative estimate of drug-likeness (QED) is 0.302. The number of hydrogen-bond donors (Lipinski definition) is 1. The minimum absolute atomic E-state index is 0.165. The molecule has 1 aliphatic rings. The Bertz CT molecular complexity index is 1460. The number of urea groups is 1. The van der Waals surface area contributed by atoms with Crippen LogP contribution in [0, 0.1) is 5.82 Å². The molecular weight excluding hydrogens is 511 g/mol. The zero-order valence-corrected chi connectivity index (χ0v) is 22.2. The number of carbonyl (C=O) groups excluding carboxylic acids is 2. The van der Waals surface area contributed by atoms with E-state index in [1.54, 1.807) is 11.0 Å². The Morgan fingerprint density at radius 3 is 2.55 bits per heavy atom. The van der Waals surface area contributed by atoms with Crippen molar-refractivity contribution in [1.82, 2.24) is 14.4 Å². The molecule has 0 aliphatic carbocycles. The number of ether oxygens (including phenoxy) is 2. The average molecular weight is 543 g/mol. The summed E-state index contributed by atoms with van der Waals surface area (Å²) in [6.45, 7) is 1.38. The van der Waals surface area contributed by atoms with Gasteiger partial charge in [-0.2, -0.15) is 0 Å². The monoisotopic (exact) mass is 542 g/mol. The van der Waals surface area contributed by atoms with E-state index in [9.17, 15) is 14.0 Å². The van der Waals surface area contributed by atoms with Crippen LogP contribution in [-0.2, 0) is 16.1 Å². The normalized spacial score (nSPS) is 14.3. The highest BCUT2D eigenvalue weighted by Crippen LogP contribution is 2.35. The van der Waals surface area contributed by atoms with Crippen LogP contribution >= 0.6 is 0 Å². The highest BCUT2D eigenvalue weighted by molar-refractivity contribution is 5.92. The molecule has 3 aromatic carbocycles. The van der Waals surface area contributed by atoms with Crippen LogP contribution in [0.3, 0.4) is 0 Å². The first-order valence-electron chi connectivity index (χ1n) is 13.1. The average Bonchev–Trinajstić information content (AvgIpc) is 3.44. The predicted octanol–water partition coefficient (Wildman–Crippen LogP) is 5.53. The molecule has 3 amide bonds. The molecule has 0 saturated heterocycles. The first-order chi connectivity index (χ1) is 19.5. The van der Waals surface area contributed by atoms with Crippen LogP contribution in [0.4, 0.5) is 14.9 Å². The van der Waals surface area contributed by atoms with Crippen molar-refractivity contribution in [2.75, 3.05) is 38.7 Å². The summed E-state index contributed by atoms with van der Waals surface area (Å²) in [6.07, 6.45) is 2.01. The summed E-state index contributed by atoms with van der Waals surface area (Å²) < 4.78 is 27.1. The molecule has 4 aromatic rings. The molecule has 0 radical (unpaired) electrons. The molecule has 5 rings (SSSR count). The van der Waals surface area contributed by atoms with E-state index < -0.39 is 11.8 Å². The number of anilines is 1. The summed E-state index contributed by atoms with van der Waals surface area (Å²) in [4.78, 5) is 30.1. The van der Waals surface area contributed by atoms with Crippen molar-refractivity contribution in [3.63, 3.8) is 0 Å². The summed E-state index contributed by atoms with van der Waals surface area (Å²) in [5.41, 5.74) is 2.18. The summed E-state index contributed by atoms with van der Waals surface area (Å²) in [7, 11) is 1.53. The third-order valence-electron chi connectivity index (χ3n) is 6.77. The van der Waals surface area contributed by atoms with Gasteiger partial charge < -0.3 is 29.2 Å². The number of aromatic nitrogens is 1. The van der Waals surface area contributed by atoms with Gasteiger partial charge in [0.1, 0.15) is 23.9 Å². The van der Waals surface area contributed by atoms with Gasteiger partial charge in [0.05, 0.1) is 12.6 Å². The van der Waals surface area contributed by atoms with Gasteiger partial charge in [0.15, 0.2) is 0 Å². The molecule has 1 aliphatic heterocycles. The molecule has 206 valence electrons. The number of halogens is 1. The molecule has 40 heavy (non-hydrogen) atoms. The highest BCUT2D eigenvalue weighted by Gasteiger charge is 2.33. The lowest BCUT2D eigenvalue weighted by Crippen LogP contribution is -2.49. The van der Waals surface area contributed by atoms with Gasteiger partial charge in [-0.15, -0.1) is 0 Å². The van der Waals surface area contributed by atoms with E-state index in [4.69, 9.17) is 9.47 Å². The van der Waals surface area contributed by atoms with Crippen LogP contribution in [0.5, 0.6) is 11.5 Å². The summed E-state index contributed by atoms with van der Waals surface area (Å²) >= 11 is 0. The largest absolute Gasteiger partial charge is 0.457 e. The van der Waals surface area contributed by atoms with Crippen molar-refractivity contribution in [1.29, 1.82) is 0 Å². The van der Waals surface area contributed by atoms with E-state index in [-0.39, 0.29) is 31.6 Å². The van der Waals surface area contributed by atoms with Crippen LogP contribution < -0.4 is 10.1 Å². The Balaban J connectivity index is 1.39.